The molecule has 0 rings (SSSR count). The number of carbonyl (C=O) groups excluding carboxylic acids is 1. The van der Waals surface area contributed by atoms with Gasteiger partial charge in [0.05, 0.1) is 6.10 Å². The van der Waals surface area contributed by atoms with Crippen molar-refractivity contribution < 1.29 is 14.6 Å². The van der Waals surface area contributed by atoms with Crippen LogP contribution in [0.15, 0.2) is 0 Å². The molecule has 0 aliphatic carbocycles. The van der Waals surface area contributed by atoms with Crippen LogP contribution in [-0.4, -0.2) is 37.4 Å². The summed E-state index contributed by atoms with van der Waals surface area (Å²) in [6, 6.07) is 0. The molecule has 66 valence electrons. The molecule has 0 spiro atoms. The van der Waals surface area contributed by atoms with Crippen molar-refractivity contribution in [2.24, 2.45) is 0 Å². The number of aliphatic hydroxyl groups is 1. The predicted octanol–water partition coefficient (Wildman–Crippen LogP) is -0.480. The Hall–Kier alpha value is -0.610. The maximum Gasteiger partial charge on any atom is 0.245 e. The van der Waals surface area contributed by atoms with Crippen LogP contribution in [0.25, 0.3) is 0 Å². The second-order valence-corrected chi connectivity index (χ2v) is 2.42. The normalized spacial score (nSPS) is 12.6. The van der Waals surface area contributed by atoms with Crippen LogP contribution >= 0.6 is 0 Å². The van der Waals surface area contributed by atoms with Crippen molar-refractivity contribution in [2.45, 2.75) is 19.4 Å². The molecule has 4 heteroatoms. The van der Waals surface area contributed by atoms with Gasteiger partial charge in [-0.2, -0.15) is 0 Å². The number of methoxy groups -OCH3 is 1. The molecule has 0 heterocycles. The largest absolute Gasteiger partial charge is 0.393 e. The quantitative estimate of drug-likeness (QED) is 0.572. The summed E-state index contributed by atoms with van der Waals surface area (Å²) in [7, 11) is 1.47. The molecule has 0 aliphatic heterocycles. The Balaban J connectivity index is 3.17. The molecule has 0 saturated carbocycles. The van der Waals surface area contributed by atoms with Gasteiger partial charge in [-0.05, 0) is 13.3 Å². The number of ether oxygens (including phenoxy) is 1. The minimum Gasteiger partial charge on any atom is -0.393 e. The number of aliphatic hydroxyl groups excluding tert-OH is 1. The van der Waals surface area contributed by atoms with Gasteiger partial charge < -0.3 is 15.2 Å². The second-order valence-electron chi connectivity index (χ2n) is 2.42. The third-order valence-corrected chi connectivity index (χ3v) is 1.16. The lowest BCUT2D eigenvalue weighted by atomic mass is 10.3. The Labute approximate surface area is 66.5 Å². The monoisotopic (exact) mass is 161 g/mol. The van der Waals surface area contributed by atoms with E-state index in [-0.39, 0.29) is 18.6 Å². The Kier molecular flexibility index (Phi) is 5.78. The number of nitrogens with one attached hydrogen (secondary N) is 1. The first-order valence-corrected chi connectivity index (χ1v) is 3.60. The molecule has 0 radical (unpaired) electrons. The molecule has 1 unspecified atom stereocenters. The van der Waals surface area contributed by atoms with E-state index in [9.17, 15) is 4.79 Å². The SMILES string of the molecule is COCC(=O)NCCC(C)O. The number of carbonyl (C=O) groups is 1. The highest BCUT2D eigenvalue weighted by molar-refractivity contribution is 5.77. The van der Waals surface area contributed by atoms with E-state index >= 15 is 0 Å². The van der Waals surface area contributed by atoms with Gasteiger partial charge in [0.2, 0.25) is 5.91 Å². The van der Waals surface area contributed by atoms with Gasteiger partial charge in [0, 0.05) is 13.7 Å². The Morgan fingerprint density at radius 1 is 1.73 bits per heavy atom. The first-order chi connectivity index (χ1) is 5.16. The summed E-state index contributed by atoms with van der Waals surface area (Å²) in [5, 5.41) is 11.4. The molecule has 2 N–H and O–H groups in total. The van der Waals surface area contributed by atoms with E-state index in [0.29, 0.717) is 13.0 Å². The molecule has 0 aromatic carbocycles. The van der Waals surface area contributed by atoms with Crippen molar-refractivity contribution in [1.82, 2.24) is 5.32 Å². The molecule has 0 bridgehead atoms. The van der Waals surface area contributed by atoms with Crippen molar-refractivity contribution in [1.29, 1.82) is 0 Å². The van der Waals surface area contributed by atoms with E-state index in [1.54, 1.807) is 6.92 Å². The molecule has 11 heavy (non-hydrogen) atoms. The maximum absolute atomic E-state index is 10.7. The zero-order chi connectivity index (χ0) is 8.69. The van der Waals surface area contributed by atoms with Gasteiger partial charge in [0.15, 0.2) is 0 Å². The molecule has 4 nitrogen and oxygen atoms in total. The van der Waals surface area contributed by atoms with Crippen molar-refractivity contribution >= 4 is 5.91 Å². The summed E-state index contributed by atoms with van der Waals surface area (Å²) < 4.78 is 4.59. The smallest absolute Gasteiger partial charge is 0.245 e. The van der Waals surface area contributed by atoms with Crippen molar-refractivity contribution in [3.63, 3.8) is 0 Å². The highest BCUT2D eigenvalue weighted by atomic mass is 16.5. The Morgan fingerprint density at radius 2 is 2.36 bits per heavy atom. The summed E-state index contributed by atoms with van der Waals surface area (Å²) in [6.45, 7) is 2.27. The zero-order valence-corrected chi connectivity index (χ0v) is 6.96. The summed E-state index contributed by atoms with van der Waals surface area (Å²) in [5.41, 5.74) is 0. The van der Waals surface area contributed by atoms with Crippen LogP contribution in [0.2, 0.25) is 0 Å². The summed E-state index contributed by atoms with van der Waals surface area (Å²) in [4.78, 5) is 10.7. The number of rotatable bonds is 5. The standard InChI is InChI=1S/C7H15NO3/c1-6(9)3-4-8-7(10)5-11-2/h6,9H,3-5H2,1-2H3,(H,8,10). The maximum atomic E-state index is 10.7. The predicted molar refractivity (Wildman–Crippen MR) is 41.2 cm³/mol. The highest BCUT2D eigenvalue weighted by Gasteiger charge is 1.99. The second kappa shape index (κ2) is 6.12. The molecule has 1 atom stereocenters. The van der Waals surface area contributed by atoms with Gasteiger partial charge in [-0.15, -0.1) is 0 Å². The minimum absolute atomic E-state index is 0.0831. The lowest BCUT2D eigenvalue weighted by Crippen LogP contribution is -2.29. The molecule has 1 amide bonds. The first kappa shape index (κ1) is 10.4. The van der Waals surface area contributed by atoms with Crippen molar-refractivity contribution in [3.05, 3.63) is 0 Å². The van der Waals surface area contributed by atoms with Gasteiger partial charge >= 0.3 is 0 Å². The lowest BCUT2D eigenvalue weighted by Gasteiger charge is -2.05. The third-order valence-electron chi connectivity index (χ3n) is 1.16. The van der Waals surface area contributed by atoms with Crippen LogP contribution in [0.5, 0.6) is 0 Å². The van der Waals surface area contributed by atoms with E-state index in [1.165, 1.54) is 7.11 Å². The lowest BCUT2D eigenvalue weighted by molar-refractivity contribution is -0.124. The topological polar surface area (TPSA) is 58.6 Å². The average molecular weight is 161 g/mol. The Morgan fingerprint density at radius 3 is 2.82 bits per heavy atom. The number of amides is 1. The minimum atomic E-state index is -0.363. The third kappa shape index (κ3) is 7.29. The highest BCUT2D eigenvalue weighted by Crippen LogP contribution is 1.85. The van der Waals surface area contributed by atoms with E-state index < -0.39 is 0 Å². The average Bonchev–Trinajstić information content (AvgIpc) is 1.87. The van der Waals surface area contributed by atoms with Crippen molar-refractivity contribution in [2.75, 3.05) is 20.3 Å². The molecule has 0 fully saturated rings. The summed E-state index contributed by atoms with van der Waals surface area (Å²) in [6.07, 6.45) is 0.216. The van der Waals surface area contributed by atoms with Gasteiger partial charge in [-0.25, -0.2) is 0 Å². The molecule has 0 aromatic heterocycles. The van der Waals surface area contributed by atoms with Crippen LogP contribution in [0.4, 0.5) is 0 Å². The Bertz CT molecular complexity index is 114. The number of hydrogen-bond donors (Lipinski definition) is 2. The van der Waals surface area contributed by atoms with E-state index in [1.807, 2.05) is 0 Å². The fourth-order valence-corrected chi connectivity index (χ4v) is 0.603. The molecule has 0 aliphatic rings. The fourth-order valence-electron chi connectivity index (χ4n) is 0.603. The van der Waals surface area contributed by atoms with Crippen LogP contribution in [0, 0.1) is 0 Å². The van der Waals surface area contributed by atoms with Crippen LogP contribution in [0.3, 0.4) is 0 Å². The molecular weight excluding hydrogens is 146 g/mol. The van der Waals surface area contributed by atoms with E-state index in [0.717, 1.165) is 0 Å². The summed E-state index contributed by atoms with van der Waals surface area (Å²) in [5.74, 6) is -0.145. The van der Waals surface area contributed by atoms with Crippen LogP contribution in [-0.2, 0) is 9.53 Å². The summed E-state index contributed by atoms with van der Waals surface area (Å²) >= 11 is 0. The van der Waals surface area contributed by atoms with Crippen LogP contribution in [0.1, 0.15) is 13.3 Å². The molecule has 0 aromatic rings. The van der Waals surface area contributed by atoms with Crippen LogP contribution < -0.4 is 5.32 Å². The van der Waals surface area contributed by atoms with Gasteiger partial charge in [0.25, 0.3) is 0 Å². The van der Waals surface area contributed by atoms with E-state index in [4.69, 9.17) is 5.11 Å². The van der Waals surface area contributed by atoms with Gasteiger partial charge in [-0.3, -0.25) is 4.79 Å². The fraction of sp³-hybridized carbons (Fsp3) is 0.857. The molecule has 0 saturated heterocycles. The zero-order valence-electron chi connectivity index (χ0n) is 6.96. The first-order valence-electron chi connectivity index (χ1n) is 3.60. The van der Waals surface area contributed by atoms with Gasteiger partial charge in [0.1, 0.15) is 6.61 Å². The number of hydrogen-bond acceptors (Lipinski definition) is 3. The van der Waals surface area contributed by atoms with Gasteiger partial charge in [-0.1, -0.05) is 0 Å². The van der Waals surface area contributed by atoms with Crippen molar-refractivity contribution in [3.8, 4) is 0 Å². The van der Waals surface area contributed by atoms with E-state index in [2.05, 4.69) is 10.1 Å². The molecular formula is C7H15NO3.